The largest absolute Gasteiger partial charge is 0.396 e. The summed E-state index contributed by atoms with van der Waals surface area (Å²) < 4.78 is 0. The number of hydrogen-bond donors (Lipinski definition) is 2. The molecule has 0 spiro atoms. The van der Waals surface area contributed by atoms with Gasteiger partial charge in [0.25, 0.3) is 0 Å². The van der Waals surface area contributed by atoms with Crippen molar-refractivity contribution in [3.8, 4) is 11.1 Å². The van der Waals surface area contributed by atoms with Crippen molar-refractivity contribution in [1.29, 1.82) is 0 Å². The molecule has 98 valence electrons. The number of rotatable bonds is 3. The summed E-state index contributed by atoms with van der Waals surface area (Å²) in [4.78, 5) is 0. The Labute approximate surface area is 113 Å². The van der Waals surface area contributed by atoms with Gasteiger partial charge in [0.1, 0.15) is 0 Å². The van der Waals surface area contributed by atoms with Gasteiger partial charge in [0.05, 0.1) is 13.2 Å². The first-order valence-electron chi connectivity index (χ1n) is 6.65. The van der Waals surface area contributed by atoms with Gasteiger partial charge < -0.3 is 10.2 Å². The van der Waals surface area contributed by atoms with Crippen LogP contribution in [0.3, 0.4) is 0 Å². The van der Waals surface area contributed by atoms with Gasteiger partial charge in [-0.3, -0.25) is 0 Å². The third-order valence-electron chi connectivity index (χ3n) is 4.12. The van der Waals surface area contributed by atoms with Crippen LogP contribution >= 0.6 is 0 Å². The van der Waals surface area contributed by atoms with E-state index in [0.29, 0.717) is 0 Å². The topological polar surface area (TPSA) is 40.5 Å². The van der Waals surface area contributed by atoms with Gasteiger partial charge in [-0.25, -0.2) is 0 Å². The lowest BCUT2D eigenvalue weighted by molar-refractivity contribution is 0.0634. The van der Waals surface area contributed by atoms with E-state index in [0.717, 1.165) is 12.8 Å². The van der Waals surface area contributed by atoms with Crippen LogP contribution in [0.1, 0.15) is 11.1 Å². The molecule has 0 aromatic heterocycles. The predicted molar refractivity (Wildman–Crippen MR) is 75.9 cm³/mol. The number of aliphatic hydroxyl groups excluding tert-OH is 2. The molecule has 3 rings (SSSR count). The zero-order valence-electron chi connectivity index (χ0n) is 10.8. The van der Waals surface area contributed by atoms with Crippen LogP contribution in [0, 0.1) is 5.41 Å². The summed E-state index contributed by atoms with van der Waals surface area (Å²) >= 11 is 0. The van der Waals surface area contributed by atoms with Crippen molar-refractivity contribution >= 4 is 0 Å². The summed E-state index contributed by atoms with van der Waals surface area (Å²) in [6.45, 7) is 0.0811. The molecule has 0 atom stereocenters. The quantitative estimate of drug-likeness (QED) is 0.883. The van der Waals surface area contributed by atoms with Crippen LogP contribution in [0.4, 0.5) is 0 Å². The molecular formula is C17H18O2. The molecule has 2 heteroatoms. The summed E-state index contributed by atoms with van der Waals surface area (Å²) in [5.41, 5.74) is 4.55. The van der Waals surface area contributed by atoms with Gasteiger partial charge in [-0.05, 0) is 35.1 Å². The molecule has 2 aromatic carbocycles. The Morgan fingerprint density at radius 2 is 1.47 bits per heavy atom. The molecule has 0 saturated heterocycles. The highest BCUT2D eigenvalue weighted by Gasteiger charge is 2.36. The first-order chi connectivity index (χ1) is 9.26. The first-order valence-corrected chi connectivity index (χ1v) is 6.65. The van der Waals surface area contributed by atoms with Crippen molar-refractivity contribution in [3.05, 3.63) is 59.7 Å². The van der Waals surface area contributed by atoms with Crippen molar-refractivity contribution in [2.75, 3.05) is 13.2 Å². The van der Waals surface area contributed by atoms with E-state index in [2.05, 4.69) is 30.3 Å². The second-order valence-electron chi connectivity index (χ2n) is 5.52. The van der Waals surface area contributed by atoms with Gasteiger partial charge in [-0.15, -0.1) is 0 Å². The van der Waals surface area contributed by atoms with Crippen molar-refractivity contribution in [2.45, 2.75) is 12.8 Å². The minimum Gasteiger partial charge on any atom is -0.396 e. The first kappa shape index (κ1) is 12.4. The predicted octanol–water partition coefficient (Wildman–Crippen LogP) is 2.42. The van der Waals surface area contributed by atoms with Crippen LogP contribution < -0.4 is 0 Å². The normalized spacial score (nSPS) is 16.3. The van der Waals surface area contributed by atoms with Crippen molar-refractivity contribution < 1.29 is 10.2 Å². The SMILES string of the molecule is OCC1(CO)Cc2ccc(-c3ccccc3)cc2C1. The highest BCUT2D eigenvalue weighted by molar-refractivity contribution is 5.65. The van der Waals surface area contributed by atoms with Gasteiger partial charge in [0, 0.05) is 5.41 Å². The fourth-order valence-corrected chi connectivity index (χ4v) is 2.92. The fourth-order valence-electron chi connectivity index (χ4n) is 2.92. The molecule has 0 fully saturated rings. The van der Waals surface area contributed by atoms with Crippen molar-refractivity contribution in [2.24, 2.45) is 5.41 Å². The molecule has 0 heterocycles. The zero-order valence-corrected chi connectivity index (χ0v) is 10.8. The van der Waals surface area contributed by atoms with Crippen LogP contribution in [-0.4, -0.2) is 23.4 Å². The summed E-state index contributed by atoms with van der Waals surface area (Å²) in [6, 6.07) is 16.7. The van der Waals surface area contributed by atoms with Crippen LogP contribution in [0.2, 0.25) is 0 Å². The molecule has 2 N–H and O–H groups in total. The lowest BCUT2D eigenvalue weighted by Crippen LogP contribution is -2.30. The Morgan fingerprint density at radius 1 is 0.789 bits per heavy atom. The lowest BCUT2D eigenvalue weighted by atomic mass is 9.87. The molecule has 0 amide bonds. The Morgan fingerprint density at radius 3 is 2.16 bits per heavy atom. The minimum atomic E-state index is -0.363. The van der Waals surface area contributed by atoms with E-state index in [4.69, 9.17) is 0 Å². The van der Waals surface area contributed by atoms with Gasteiger partial charge in [-0.1, -0.05) is 48.5 Å². The maximum atomic E-state index is 9.52. The monoisotopic (exact) mass is 254 g/mol. The van der Waals surface area contributed by atoms with Gasteiger partial charge in [0.2, 0.25) is 0 Å². The van der Waals surface area contributed by atoms with Gasteiger partial charge in [0.15, 0.2) is 0 Å². The average molecular weight is 254 g/mol. The summed E-state index contributed by atoms with van der Waals surface area (Å²) in [7, 11) is 0. The van der Waals surface area contributed by atoms with Crippen LogP contribution in [-0.2, 0) is 12.8 Å². The summed E-state index contributed by atoms with van der Waals surface area (Å²) in [5, 5.41) is 19.0. The highest BCUT2D eigenvalue weighted by Crippen LogP contribution is 2.38. The van der Waals surface area contributed by atoms with E-state index < -0.39 is 0 Å². The molecule has 2 aromatic rings. The Bertz CT molecular complexity index is 571. The van der Waals surface area contributed by atoms with Crippen LogP contribution in [0.15, 0.2) is 48.5 Å². The Hall–Kier alpha value is -1.64. The standard InChI is InChI=1S/C17H18O2/c18-11-17(12-19)9-15-7-6-14(8-16(15)10-17)13-4-2-1-3-5-13/h1-8,18-19H,9-12H2. The molecule has 0 unspecified atom stereocenters. The molecule has 1 aliphatic rings. The lowest BCUT2D eigenvalue weighted by Gasteiger charge is -2.22. The van der Waals surface area contributed by atoms with E-state index in [9.17, 15) is 10.2 Å². The van der Waals surface area contributed by atoms with Crippen LogP contribution in [0.5, 0.6) is 0 Å². The maximum Gasteiger partial charge on any atom is 0.0515 e. The summed E-state index contributed by atoms with van der Waals surface area (Å²) in [5.74, 6) is 0. The highest BCUT2D eigenvalue weighted by atomic mass is 16.3. The smallest absolute Gasteiger partial charge is 0.0515 e. The Balaban J connectivity index is 1.96. The second kappa shape index (κ2) is 4.80. The van der Waals surface area contributed by atoms with E-state index in [1.165, 1.54) is 22.3 Å². The third-order valence-corrected chi connectivity index (χ3v) is 4.12. The second-order valence-corrected chi connectivity index (χ2v) is 5.52. The molecular weight excluding hydrogens is 236 g/mol. The molecule has 1 aliphatic carbocycles. The third kappa shape index (κ3) is 2.18. The summed E-state index contributed by atoms with van der Waals surface area (Å²) in [6.07, 6.45) is 1.53. The van der Waals surface area contributed by atoms with Crippen molar-refractivity contribution in [1.82, 2.24) is 0 Å². The van der Waals surface area contributed by atoms with E-state index in [-0.39, 0.29) is 18.6 Å². The Kier molecular flexibility index (Phi) is 3.13. The zero-order chi connectivity index (χ0) is 13.3. The number of hydrogen-bond acceptors (Lipinski definition) is 2. The van der Waals surface area contributed by atoms with E-state index in [1.807, 2.05) is 18.2 Å². The molecule has 19 heavy (non-hydrogen) atoms. The average Bonchev–Trinajstić information content (AvgIpc) is 2.86. The molecule has 0 saturated carbocycles. The van der Waals surface area contributed by atoms with Crippen LogP contribution in [0.25, 0.3) is 11.1 Å². The number of fused-ring (bicyclic) bond motifs is 1. The van der Waals surface area contributed by atoms with E-state index >= 15 is 0 Å². The number of aliphatic hydroxyl groups is 2. The fraction of sp³-hybridized carbons (Fsp3) is 0.294. The van der Waals surface area contributed by atoms with Gasteiger partial charge in [-0.2, -0.15) is 0 Å². The van der Waals surface area contributed by atoms with Gasteiger partial charge >= 0.3 is 0 Å². The molecule has 0 aliphatic heterocycles. The van der Waals surface area contributed by atoms with E-state index in [1.54, 1.807) is 0 Å². The van der Waals surface area contributed by atoms with Crippen molar-refractivity contribution in [3.63, 3.8) is 0 Å². The molecule has 0 radical (unpaired) electrons. The molecule has 2 nitrogen and oxygen atoms in total. The number of benzene rings is 2. The molecule has 0 bridgehead atoms. The minimum absolute atomic E-state index is 0.0405. The maximum absolute atomic E-state index is 9.52.